The molecule has 3 rings (SSSR count). The second-order valence-electron chi connectivity index (χ2n) is 6.12. The molecule has 3 aliphatic rings. The van der Waals surface area contributed by atoms with Crippen LogP contribution in [0.4, 0.5) is 0 Å². The molecule has 4 nitrogen and oxygen atoms in total. The van der Waals surface area contributed by atoms with E-state index in [0.717, 1.165) is 44.9 Å². The number of aliphatic hydroxyl groups is 1. The van der Waals surface area contributed by atoms with Gasteiger partial charge in [-0.25, -0.2) is 0 Å². The lowest BCUT2D eigenvalue weighted by atomic mass is 9.87. The van der Waals surface area contributed by atoms with Gasteiger partial charge in [-0.3, -0.25) is 14.5 Å². The van der Waals surface area contributed by atoms with Gasteiger partial charge in [0.15, 0.2) is 0 Å². The van der Waals surface area contributed by atoms with Crippen LogP contribution in [0.15, 0.2) is 0 Å². The van der Waals surface area contributed by atoms with E-state index in [1.807, 2.05) is 0 Å². The summed E-state index contributed by atoms with van der Waals surface area (Å²) in [6.45, 7) is 0.543. The predicted octanol–water partition coefficient (Wildman–Crippen LogP) is 1.32. The lowest BCUT2D eigenvalue weighted by Gasteiger charge is -2.29. The molecule has 1 aliphatic heterocycles. The SMILES string of the molecule is O=C1C2CCCC2C(=O)N1CC1CCCC(O)C1. The number of nitrogens with zero attached hydrogens (tertiary/aromatic N) is 1. The van der Waals surface area contributed by atoms with Crippen molar-refractivity contribution in [3.8, 4) is 0 Å². The van der Waals surface area contributed by atoms with E-state index < -0.39 is 0 Å². The first-order valence-electron chi connectivity index (χ1n) is 7.20. The van der Waals surface area contributed by atoms with Crippen LogP contribution in [0.5, 0.6) is 0 Å². The summed E-state index contributed by atoms with van der Waals surface area (Å²) in [7, 11) is 0. The third-order valence-corrected chi connectivity index (χ3v) is 4.88. The van der Waals surface area contributed by atoms with Gasteiger partial charge in [0.25, 0.3) is 0 Å². The lowest BCUT2D eigenvalue weighted by molar-refractivity contribution is -0.141. The Bertz CT molecular complexity index is 346. The highest BCUT2D eigenvalue weighted by Gasteiger charge is 2.49. The van der Waals surface area contributed by atoms with Crippen molar-refractivity contribution in [2.24, 2.45) is 17.8 Å². The van der Waals surface area contributed by atoms with Gasteiger partial charge in [-0.2, -0.15) is 0 Å². The van der Waals surface area contributed by atoms with E-state index in [4.69, 9.17) is 0 Å². The molecule has 3 fully saturated rings. The Kier molecular flexibility index (Phi) is 3.14. The minimum Gasteiger partial charge on any atom is -0.393 e. The highest BCUT2D eigenvalue weighted by molar-refractivity contribution is 6.05. The molecule has 100 valence electrons. The van der Waals surface area contributed by atoms with Crippen LogP contribution in [0, 0.1) is 17.8 Å². The van der Waals surface area contributed by atoms with Crippen molar-refractivity contribution in [2.75, 3.05) is 6.54 Å². The Morgan fingerprint density at radius 2 is 1.61 bits per heavy atom. The maximum atomic E-state index is 12.2. The summed E-state index contributed by atoms with van der Waals surface area (Å²) in [5, 5.41) is 9.66. The van der Waals surface area contributed by atoms with Crippen LogP contribution in [-0.2, 0) is 9.59 Å². The van der Waals surface area contributed by atoms with Crippen LogP contribution in [0.2, 0.25) is 0 Å². The van der Waals surface area contributed by atoms with Gasteiger partial charge in [0.2, 0.25) is 11.8 Å². The summed E-state index contributed by atoms with van der Waals surface area (Å²) in [5.41, 5.74) is 0. The number of hydrogen-bond acceptors (Lipinski definition) is 3. The average Bonchev–Trinajstić information content (AvgIpc) is 2.90. The molecular weight excluding hydrogens is 230 g/mol. The minimum absolute atomic E-state index is 0.0222. The molecule has 0 radical (unpaired) electrons. The molecule has 4 heteroatoms. The summed E-state index contributed by atoms with van der Waals surface area (Å²) in [4.78, 5) is 25.9. The zero-order valence-electron chi connectivity index (χ0n) is 10.7. The first-order valence-corrected chi connectivity index (χ1v) is 7.20. The number of rotatable bonds is 2. The maximum absolute atomic E-state index is 12.2. The van der Waals surface area contributed by atoms with Crippen LogP contribution >= 0.6 is 0 Å². The molecule has 0 aromatic rings. The first-order chi connectivity index (χ1) is 8.66. The molecule has 4 atom stereocenters. The summed E-state index contributed by atoms with van der Waals surface area (Å²) >= 11 is 0. The Morgan fingerprint density at radius 1 is 1.00 bits per heavy atom. The molecule has 0 bridgehead atoms. The normalized spacial score (nSPS) is 40.4. The van der Waals surface area contributed by atoms with Gasteiger partial charge < -0.3 is 5.11 Å². The number of imide groups is 1. The number of likely N-dealkylation sites (tertiary alicyclic amines) is 1. The third kappa shape index (κ3) is 1.96. The molecule has 18 heavy (non-hydrogen) atoms. The molecule has 4 unspecified atom stereocenters. The molecule has 0 spiro atoms. The fourth-order valence-electron chi connectivity index (χ4n) is 3.93. The van der Waals surface area contributed by atoms with E-state index >= 15 is 0 Å². The topological polar surface area (TPSA) is 57.6 Å². The minimum atomic E-state index is -0.240. The zero-order valence-corrected chi connectivity index (χ0v) is 10.7. The van der Waals surface area contributed by atoms with Crippen molar-refractivity contribution in [3.05, 3.63) is 0 Å². The van der Waals surface area contributed by atoms with Crippen molar-refractivity contribution in [1.29, 1.82) is 0 Å². The van der Waals surface area contributed by atoms with Crippen LogP contribution in [-0.4, -0.2) is 34.5 Å². The first kappa shape index (κ1) is 12.2. The van der Waals surface area contributed by atoms with Crippen molar-refractivity contribution in [3.63, 3.8) is 0 Å². The van der Waals surface area contributed by atoms with Gasteiger partial charge in [-0.15, -0.1) is 0 Å². The van der Waals surface area contributed by atoms with Crippen molar-refractivity contribution >= 4 is 11.8 Å². The molecular formula is C14H21NO3. The summed E-state index contributed by atoms with van der Waals surface area (Å²) < 4.78 is 0. The van der Waals surface area contributed by atoms with Crippen LogP contribution in [0.3, 0.4) is 0 Å². The molecule has 1 N–H and O–H groups in total. The van der Waals surface area contributed by atoms with Crippen molar-refractivity contribution < 1.29 is 14.7 Å². The quantitative estimate of drug-likeness (QED) is 0.753. The predicted molar refractivity (Wildman–Crippen MR) is 65.5 cm³/mol. The van der Waals surface area contributed by atoms with E-state index in [-0.39, 0.29) is 29.8 Å². The summed E-state index contributed by atoms with van der Waals surface area (Å²) in [6.07, 6.45) is 6.20. The summed E-state index contributed by atoms with van der Waals surface area (Å²) in [6, 6.07) is 0. The zero-order chi connectivity index (χ0) is 12.7. The van der Waals surface area contributed by atoms with Gasteiger partial charge in [0, 0.05) is 6.54 Å². The molecule has 2 amide bonds. The molecule has 2 saturated carbocycles. The molecule has 1 heterocycles. The van der Waals surface area contributed by atoms with Gasteiger partial charge in [0.05, 0.1) is 17.9 Å². The highest BCUT2D eigenvalue weighted by atomic mass is 16.3. The highest BCUT2D eigenvalue weighted by Crippen LogP contribution is 2.40. The van der Waals surface area contributed by atoms with Crippen LogP contribution in [0.1, 0.15) is 44.9 Å². The smallest absolute Gasteiger partial charge is 0.233 e. The molecule has 0 aromatic carbocycles. The van der Waals surface area contributed by atoms with Gasteiger partial charge in [-0.1, -0.05) is 12.8 Å². The number of carbonyl (C=O) groups excluding carboxylic acids is 2. The Balaban J connectivity index is 1.66. The van der Waals surface area contributed by atoms with E-state index in [1.54, 1.807) is 0 Å². The van der Waals surface area contributed by atoms with Gasteiger partial charge in [0.1, 0.15) is 0 Å². The Labute approximate surface area is 107 Å². The second kappa shape index (κ2) is 4.65. The maximum Gasteiger partial charge on any atom is 0.233 e. The van der Waals surface area contributed by atoms with E-state index in [1.165, 1.54) is 4.90 Å². The monoisotopic (exact) mass is 251 g/mol. The van der Waals surface area contributed by atoms with Crippen molar-refractivity contribution in [1.82, 2.24) is 4.90 Å². The standard InChI is InChI=1S/C14H21NO3/c16-10-4-1-3-9(7-10)8-15-13(17)11-5-2-6-12(11)14(15)18/h9-12,16H,1-8H2. The Morgan fingerprint density at radius 3 is 2.22 bits per heavy atom. The number of amides is 2. The molecule has 1 saturated heterocycles. The fourth-order valence-corrected chi connectivity index (χ4v) is 3.93. The third-order valence-electron chi connectivity index (χ3n) is 4.88. The number of hydrogen-bond donors (Lipinski definition) is 1. The van der Waals surface area contributed by atoms with Gasteiger partial charge >= 0.3 is 0 Å². The second-order valence-corrected chi connectivity index (χ2v) is 6.12. The molecule has 0 aromatic heterocycles. The average molecular weight is 251 g/mol. The lowest BCUT2D eigenvalue weighted by Crippen LogP contribution is -2.38. The van der Waals surface area contributed by atoms with E-state index in [2.05, 4.69) is 0 Å². The molecule has 2 aliphatic carbocycles. The van der Waals surface area contributed by atoms with Crippen LogP contribution < -0.4 is 0 Å². The fraction of sp³-hybridized carbons (Fsp3) is 0.857. The Hall–Kier alpha value is -0.900. The van der Waals surface area contributed by atoms with E-state index in [0.29, 0.717) is 12.5 Å². The van der Waals surface area contributed by atoms with E-state index in [9.17, 15) is 14.7 Å². The number of carbonyl (C=O) groups is 2. The number of fused-ring (bicyclic) bond motifs is 1. The largest absolute Gasteiger partial charge is 0.393 e. The van der Waals surface area contributed by atoms with Crippen molar-refractivity contribution in [2.45, 2.75) is 51.0 Å². The van der Waals surface area contributed by atoms with Gasteiger partial charge in [-0.05, 0) is 38.0 Å². The summed E-state index contributed by atoms with van der Waals surface area (Å²) in [5.74, 6) is 0.377. The number of aliphatic hydroxyl groups excluding tert-OH is 1. The van der Waals surface area contributed by atoms with Crippen LogP contribution in [0.25, 0.3) is 0 Å².